The van der Waals surface area contributed by atoms with Crippen molar-refractivity contribution < 1.29 is 0 Å². The van der Waals surface area contributed by atoms with E-state index in [1.54, 1.807) is 0 Å². The second-order valence-corrected chi connectivity index (χ2v) is 7.34. The van der Waals surface area contributed by atoms with Crippen LogP contribution in [-0.2, 0) is 0 Å². The Morgan fingerprint density at radius 1 is 1.25 bits per heavy atom. The molecule has 1 atom stereocenters. The van der Waals surface area contributed by atoms with Crippen molar-refractivity contribution in [1.82, 2.24) is 0 Å². The van der Waals surface area contributed by atoms with E-state index in [2.05, 4.69) is 26.0 Å². The van der Waals surface area contributed by atoms with Crippen molar-refractivity contribution in [2.24, 2.45) is 0 Å². The SMILES string of the molecule is Cc1ccccc1C(C)[Si](Cl)Cl. The predicted molar refractivity (Wildman–Crippen MR) is 57.1 cm³/mol. The first-order valence-electron chi connectivity index (χ1n) is 3.86. The molecule has 0 aromatic heterocycles. The summed E-state index contributed by atoms with van der Waals surface area (Å²) in [7, 11) is -1.24. The summed E-state index contributed by atoms with van der Waals surface area (Å²) in [6, 6.07) is 8.23. The van der Waals surface area contributed by atoms with Crippen LogP contribution in [0.1, 0.15) is 23.6 Å². The van der Waals surface area contributed by atoms with Gasteiger partial charge in [-0.15, -0.1) is 22.2 Å². The molecule has 0 nitrogen and oxygen atoms in total. The van der Waals surface area contributed by atoms with Gasteiger partial charge >= 0.3 is 0 Å². The monoisotopic (exact) mass is 217 g/mol. The highest BCUT2D eigenvalue weighted by Gasteiger charge is 2.17. The van der Waals surface area contributed by atoms with Crippen molar-refractivity contribution in [1.29, 1.82) is 0 Å². The predicted octanol–water partition coefficient (Wildman–Crippen LogP) is 3.60. The minimum Gasteiger partial charge on any atom is -0.146 e. The van der Waals surface area contributed by atoms with E-state index in [-0.39, 0.29) is 0 Å². The van der Waals surface area contributed by atoms with Crippen LogP contribution in [-0.4, -0.2) is 7.42 Å². The largest absolute Gasteiger partial charge is 0.281 e. The van der Waals surface area contributed by atoms with E-state index >= 15 is 0 Å². The van der Waals surface area contributed by atoms with Gasteiger partial charge in [0.2, 0.25) is 0 Å². The summed E-state index contributed by atoms with van der Waals surface area (Å²) >= 11 is 11.8. The summed E-state index contributed by atoms with van der Waals surface area (Å²) < 4.78 is 0. The first-order chi connectivity index (χ1) is 5.63. The quantitative estimate of drug-likeness (QED) is 0.525. The van der Waals surface area contributed by atoms with Gasteiger partial charge in [0, 0.05) is 5.54 Å². The molecule has 0 aliphatic carbocycles. The van der Waals surface area contributed by atoms with Crippen molar-refractivity contribution in [3.63, 3.8) is 0 Å². The van der Waals surface area contributed by atoms with Gasteiger partial charge in [-0.05, 0) is 18.1 Å². The molecular weight excluding hydrogens is 207 g/mol. The van der Waals surface area contributed by atoms with Crippen LogP contribution in [0.25, 0.3) is 0 Å². The number of hydrogen-bond acceptors (Lipinski definition) is 0. The fourth-order valence-electron chi connectivity index (χ4n) is 1.19. The molecule has 1 radical (unpaired) electrons. The maximum Gasteiger partial charge on any atom is 0.281 e. The summed E-state index contributed by atoms with van der Waals surface area (Å²) in [6.45, 7) is 4.17. The van der Waals surface area contributed by atoms with Crippen LogP contribution in [0.5, 0.6) is 0 Å². The molecule has 0 bridgehead atoms. The second kappa shape index (κ2) is 4.31. The smallest absolute Gasteiger partial charge is 0.146 e. The Balaban J connectivity index is 2.94. The minimum absolute atomic E-state index is 0.305. The van der Waals surface area contributed by atoms with Crippen LogP contribution in [0, 0.1) is 6.92 Å². The molecule has 0 saturated carbocycles. The number of aryl methyl sites for hydroxylation is 1. The number of halogens is 2. The normalized spacial score (nSPS) is 13.4. The van der Waals surface area contributed by atoms with E-state index in [0.717, 1.165) is 0 Å². The van der Waals surface area contributed by atoms with Crippen molar-refractivity contribution >= 4 is 29.6 Å². The molecule has 12 heavy (non-hydrogen) atoms. The fraction of sp³-hybridized carbons (Fsp3) is 0.333. The van der Waals surface area contributed by atoms with E-state index in [4.69, 9.17) is 22.2 Å². The Hall–Kier alpha value is 0.0169. The van der Waals surface area contributed by atoms with Crippen molar-refractivity contribution in [2.75, 3.05) is 0 Å². The summed E-state index contributed by atoms with van der Waals surface area (Å²) in [6.07, 6.45) is 0. The van der Waals surface area contributed by atoms with Gasteiger partial charge in [0.1, 0.15) is 0 Å². The number of benzene rings is 1. The van der Waals surface area contributed by atoms with E-state index in [1.165, 1.54) is 11.1 Å². The van der Waals surface area contributed by atoms with Gasteiger partial charge in [-0.25, -0.2) is 0 Å². The van der Waals surface area contributed by atoms with Crippen LogP contribution in [0.15, 0.2) is 24.3 Å². The zero-order chi connectivity index (χ0) is 9.14. The molecule has 3 heteroatoms. The van der Waals surface area contributed by atoms with Gasteiger partial charge in [0.25, 0.3) is 7.42 Å². The van der Waals surface area contributed by atoms with Gasteiger partial charge in [-0.1, -0.05) is 31.2 Å². The van der Waals surface area contributed by atoms with Crippen LogP contribution in [0.4, 0.5) is 0 Å². The zero-order valence-electron chi connectivity index (χ0n) is 7.14. The van der Waals surface area contributed by atoms with Gasteiger partial charge in [-0.2, -0.15) is 0 Å². The third-order valence-electron chi connectivity index (χ3n) is 1.98. The summed E-state index contributed by atoms with van der Waals surface area (Å²) in [5.74, 6) is 0. The molecule has 0 spiro atoms. The number of hydrogen-bond donors (Lipinski definition) is 0. The Kier molecular flexibility index (Phi) is 3.63. The molecule has 0 saturated heterocycles. The van der Waals surface area contributed by atoms with E-state index in [9.17, 15) is 0 Å². The summed E-state index contributed by atoms with van der Waals surface area (Å²) in [5.41, 5.74) is 2.85. The molecule has 1 aromatic carbocycles. The fourth-order valence-corrected chi connectivity index (χ4v) is 2.45. The maximum absolute atomic E-state index is 5.90. The summed E-state index contributed by atoms with van der Waals surface area (Å²) in [5, 5.41) is 0. The Bertz CT molecular complexity index is 260. The lowest BCUT2D eigenvalue weighted by Gasteiger charge is -2.12. The van der Waals surface area contributed by atoms with Crippen molar-refractivity contribution in [3.8, 4) is 0 Å². The lowest BCUT2D eigenvalue weighted by atomic mass is 10.1. The molecule has 1 aromatic rings. The maximum atomic E-state index is 5.90. The molecule has 1 unspecified atom stereocenters. The molecular formula is C9H11Cl2Si. The summed E-state index contributed by atoms with van der Waals surface area (Å²) in [4.78, 5) is 0. The molecule has 0 heterocycles. The van der Waals surface area contributed by atoms with Gasteiger partial charge in [-0.3, -0.25) is 0 Å². The molecule has 0 aliphatic heterocycles. The van der Waals surface area contributed by atoms with Crippen molar-refractivity contribution in [2.45, 2.75) is 19.4 Å². The van der Waals surface area contributed by atoms with Crippen LogP contribution >= 0.6 is 22.2 Å². The molecule has 0 fully saturated rings. The third-order valence-corrected chi connectivity index (χ3v) is 4.91. The van der Waals surface area contributed by atoms with Crippen LogP contribution < -0.4 is 0 Å². The highest BCUT2D eigenvalue weighted by atomic mass is 35.7. The molecule has 65 valence electrons. The third kappa shape index (κ3) is 2.25. The lowest BCUT2D eigenvalue weighted by molar-refractivity contribution is 1.05. The zero-order valence-corrected chi connectivity index (χ0v) is 9.65. The van der Waals surface area contributed by atoms with Gasteiger partial charge in [0.15, 0.2) is 0 Å². The van der Waals surface area contributed by atoms with Gasteiger partial charge < -0.3 is 0 Å². The first-order valence-corrected chi connectivity index (χ1v) is 7.46. The Morgan fingerprint density at radius 2 is 1.83 bits per heavy atom. The van der Waals surface area contributed by atoms with Crippen molar-refractivity contribution in [3.05, 3.63) is 35.4 Å². The average Bonchev–Trinajstić information content (AvgIpc) is 2.04. The van der Waals surface area contributed by atoms with Gasteiger partial charge in [0.05, 0.1) is 0 Å². The van der Waals surface area contributed by atoms with E-state index in [1.807, 2.05) is 12.1 Å². The molecule has 1 rings (SSSR count). The number of rotatable bonds is 2. The average molecular weight is 218 g/mol. The van der Waals surface area contributed by atoms with E-state index < -0.39 is 7.42 Å². The second-order valence-electron chi connectivity index (χ2n) is 2.87. The Labute approximate surface area is 84.5 Å². The molecule has 0 aliphatic rings. The first kappa shape index (κ1) is 10.1. The minimum atomic E-state index is -1.24. The Morgan fingerprint density at radius 3 is 2.33 bits per heavy atom. The topological polar surface area (TPSA) is 0 Å². The molecule has 0 amide bonds. The highest BCUT2D eigenvalue weighted by molar-refractivity contribution is 7.34. The highest BCUT2D eigenvalue weighted by Crippen LogP contribution is 2.25. The standard InChI is InChI=1S/C9H11Cl2Si/c1-7-5-3-4-6-9(7)8(2)12(10)11/h3-6,8H,1-2H3. The lowest BCUT2D eigenvalue weighted by Crippen LogP contribution is -2.08. The molecule has 0 N–H and O–H groups in total. The van der Waals surface area contributed by atoms with E-state index in [0.29, 0.717) is 5.54 Å². The van der Waals surface area contributed by atoms with Crippen LogP contribution in [0.2, 0.25) is 0 Å². The van der Waals surface area contributed by atoms with Crippen LogP contribution in [0.3, 0.4) is 0 Å².